The van der Waals surface area contributed by atoms with Crippen LogP contribution in [0.4, 0.5) is 0 Å². The number of hydrogen-bond acceptors (Lipinski definition) is 5. The van der Waals surface area contributed by atoms with Gasteiger partial charge in [0, 0.05) is 10.9 Å². The van der Waals surface area contributed by atoms with Crippen molar-refractivity contribution >= 4 is 29.3 Å². The van der Waals surface area contributed by atoms with Crippen LogP contribution in [0.2, 0.25) is 5.02 Å². The molecule has 1 saturated carbocycles. The lowest BCUT2D eigenvalue weighted by Gasteiger charge is -2.29. The Balaban J connectivity index is 1.51. The number of carbonyl (C=O) groups is 1. The second-order valence-corrected chi connectivity index (χ2v) is 7.92. The molecule has 1 aliphatic rings. The molecule has 1 amide bonds. The van der Waals surface area contributed by atoms with E-state index in [9.17, 15) is 4.79 Å². The Labute approximate surface area is 162 Å². The van der Waals surface area contributed by atoms with Crippen LogP contribution in [0.1, 0.15) is 43.0 Å². The SMILES string of the molecule is CCSc1ccccc1C(=O)NC1CCC(Oc2ncc(Cl)cn2)CC1. The summed E-state index contributed by atoms with van der Waals surface area (Å²) in [6.45, 7) is 2.09. The zero-order chi connectivity index (χ0) is 18.4. The van der Waals surface area contributed by atoms with Crippen molar-refractivity contribution in [3.8, 4) is 6.01 Å². The van der Waals surface area contributed by atoms with Gasteiger partial charge >= 0.3 is 6.01 Å². The Hall–Kier alpha value is -1.79. The molecule has 0 saturated heterocycles. The third-order valence-corrected chi connectivity index (χ3v) is 5.46. The normalized spacial score (nSPS) is 19.8. The molecule has 0 radical (unpaired) electrons. The highest BCUT2D eigenvalue weighted by Crippen LogP contribution is 2.25. The highest BCUT2D eigenvalue weighted by Gasteiger charge is 2.25. The van der Waals surface area contributed by atoms with E-state index in [1.54, 1.807) is 11.8 Å². The van der Waals surface area contributed by atoms with Crippen LogP contribution in [0, 0.1) is 0 Å². The van der Waals surface area contributed by atoms with Gasteiger partial charge in [0.05, 0.1) is 23.0 Å². The molecule has 0 spiro atoms. The van der Waals surface area contributed by atoms with Gasteiger partial charge in [-0.3, -0.25) is 4.79 Å². The summed E-state index contributed by atoms with van der Waals surface area (Å²) in [4.78, 5) is 21.8. The number of ether oxygens (including phenoxy) is 1. The maximum absolute atomic E-state index is 12.6. The van der Waals surface area contributed by atoms with Crippen molar-refractivity contribution < 1.29 is 9.53 Å². The Morgan fingerprint density at radius 3 is 2.62 bits per heavy atom. The molecule has 1 heterocycles. The number of hydrogen-bond donors (Lipinski definition) is 1. The minimum atomic E-state index is 0.00644. The van der Waals surface area contributed by atoms with Gasteiger partial charge < -0.3 is 10.1 Å². The Kier molecular flexibility index (Phi) is 6.74. The minimum Gasteiger partial charge on any atom is -0.460 e. The van der Waals surface area contributed by atoms with Gasteiger partial charge in [-0.15, -0.1) is 11.8 Å². The van der Waals surface area contributed by atoms with E-state index in [0.717, 1.165) is 41.9 Å². The largest absolute Gasteiger partial charge is 0.460 e. The number of benzene rings is 1. The summed E-state index contributed by atoms with van der Waals surface area (Å²) in [6.07, 6.45) is 6.63. The first-order chi connectivity index (χ1) is 12.7. The molecule has 0 atom stereocenters. The second-order valence-electron chi connectivity index (χ2n) is 6.18. The highest BCUT2D eigenvalue weighted by molar-refractivity contribution is 7.99. The van der Waals surface area contributed by atoms with Gasteiger partial charge in [-0.2, -0.15) is 0 Å². The van der Waals surface area contributed by atoms with E-state index in [-0.39, 0.29) is 18.1 Å². The number of carbonyl (C=O) groups excluding carboxylic acids is 1. The number of amides is 1. The number of halogens is 1. The Bertz CT molecular complexity index is 734. The van der Waals surface area contributed by atoms with Gasteiger partial charge in [-0.05, 0) is 43.6 Å². The number of aromatic nitrogens is 2. The third kappa shape index (κ3) is 5.11. The molecule has 0 unspecified atom stereocenters. The topological polar surface area (TPSA) is 64.1 Å². The summed E-state index contributed by atoms with van der Waals surface area (Å²) in [7, 11) is 0. The molecule has 0 aliphatic heterocycles. The molecule has 138 valence electrons. The van der Waals surface area contributed by atoms with Gasteiger partial charge in [0.25, 0.3) is 5.91 Å². The quantitative estimate of drug-likeness (QED) is 0.741. The average molecular weight is 392 g/mol. The lowest BCUT2D eigenvalue weighted by atomic mass is 9.92. The van der Waals surface area contributed by atoms with Crippen LogP contribution < -0.4 is 10.1 Å². The van der Waals surface area contributed by atoms with Gasteiger partial charge in [-0.1, -0.05) is 30.7 Å². The third-order valence-electron chi connectivity index (χ3n) is 4.31. The maximum atomic E-state index is 12.6. The van der Waals surface area contributed by atoms with Crippen molar-refractivity contribution in [1.82, 2.24) is 15.3 Å². The van der Waals surface area contributed by atoms with Crippen LogP contribution in [-0.2, 0) is 0 Å². The first-order valence-electron chi connectivity index (χ1n) is 8.82. The summed E-state index contributed by atoms with van der Waals surface area (Å²) in [6, 6.07) is 8.29. The van der Waals surface area contributed by atoms with Crippen molar-refractivity contribution in [2.45, 2.75) is 49.6 Å². The van der Waals surface area contributed by atoms with Crippen LogP contribution in [-0.4, -0.2) is 33.8 Å². The fourth-order valence-corrected chi connectivity index (χ4v) is 3.93. The van der Waals surface area contributed by atoms with Crippen LogP contribution in [0.15, 0.2) is 41.6 Å². The number of nitrogens with one attached hydrogen (secondary N) is 1. The van der Waals surface area contributed by atoms with Crippen molar-refractivity contribution in [1.29, 1.82) is 0 Å². The molecule has 1 aromatic heterocycles. The van der Waals surface area contributed by atoms with Gasteiger partial charge in [0.1, 0.15) is 6.10 Å². The summed E-state index contributed by atoms with van der Waals surface area (Å²) < 4.78 is 5.80. The summed E-state index contributed by atoms with van der Waals surface area (Å²) in [5.74, 6) is 0.950. The van der Waals surface area contributed by atoms with Gasteiger partial charge in [0.2, 0.25) is 0 Å². The van der Waals surface area contributed by atoms with Crippen LogP contribution >= 0.6 is 23.4 Å². The molecule has 3 rings (SSSR count). The Morgan fingerprint density at radius 2 is 1.92 bits per heavy atom. The highest BCUT2D eigenvalue weighted by atomic mass is 35.5. The molecule has 1 aliphatic carbocycles. The molecule has 26 heavy (non-hydrogen) atoms. The first kappa shape index (κ1) is 19.0. The fourth-order valence-electron chi connectivity index (χ4n) is 3.03. The first-order valence-corrected chi connectivity index (χ1v) is 10.2. The summed E-state index contributed by atoms with van der Waals surface area (Å²) >= 11 is 7.47. The second kappa shape index (κ2) is 9.24. The molecule has 1 N–H and O–H groups in total. The smallest absolute Gasteiger partial charge is 0.316 e. The molecular formula is C19H22ClN3O2S. The zero-order valence-electron chi connectivity index (χ0n) is 14.7. The predicted octanol–water partition coefficient (Wildman–Crippen LogP) is 4.36. The molecule has 1 aromatic carbocycles. The number of nitrogens with zero attached hydrogens (tertiary/aromatic N) is 2. The minimum absolute atomic E-state index is 0.00644. The monoisotopic (exact) mass is 391 g/mol. The van der Waals surface area contributed by atoms with E-state index in [4.69, 9.17) is 16.3 Å². The average Bonchev–Trinajstić information content (AvgIpc) is 2.66. The van der Waals surface area contributed by atoms with E-state index in [1.165, 1.54) is 12.4 Å². The standard InChI is InChI=1S/C19H22ClN3O2S/c1-2-26-17-6-4-3-5-16(17)18(24)23-14-7-9-15(10-8-14)25-19-21-11-13(20)12-22-19/h3-6,11-12,14-15H,2,7-10H2,1H3,(H,23,24). The molecule has 0 bridgehead atoms. The summed E-state index contributed by atoms with van der Waals surface area (Å²) in [5.41, 5.74) is 0.757. The number of thioether (sulfide) groups is 1. The molecule has 1 fully saturated rings. The van der Waals surface area contributed by atoms with Crippen LogP contribution in [0.25, 0.3) is 0 Å². The van der Waals surface area contributed by atoms with Crippen LogP contribution in [0.3, 0.4) is 0 Å². The predicted molar refractivity (Wildman–Crippen MR) is 104 cm³/mol. The van der Waals surface area contributed by atoms with E-state index >= 15 is 0 Å². The number of rotatable bonds is 6. The van der Waals surface area contributed by atoms with Crippen molar-refractivity contribution in [2.75, 3.05) is 5.75 Å². The van der Waals surface area contributed by atoms with Crippen molar-refractivity contribution in [3.05, 3.63) is 47.2 Å². The molecule has 2 aromatic rings. The van der Waals surface area contributed by atoms with E-state index in [0.29, 0.717) is 11.0 Å². The summed E-state index contributed by atoms with van der Waals surface area (Å²) in [5, 5.41) is 3.66. The van der Waals surface area contributed by atoms with Crippen LogP contribution in [0.5, 0.6) is 6.01 Å². The van der Waals surface area contributed by atoms with Gasteiger partial charge in [-0.25, -0.2) is 9.97 Å². The van der Waals surface area contributed by atoms with Crippen molar-refractivity contribution in [2.24, 2.45) is 0 Å². The van der Waals surface area contributed by atoms with E-state index in [2.05, 4.69) is 22.2 Å². The van der Waals surface area contributed by atoms with Crippen molar-refractivity contribution in [3.63, 3.8) is 0 Å². The Morgan fingerprint density at radius 1 is 1.23 bits per heavy atom. The molecule has 7 heteroatoms. The zero-order valence-corrected chi connectivity index (χ0v) is 16.2. The van der Waals surface area contributed by atoms with E-state index in [1.807, 2.05) is 24.3 Å². The van der Waals surface area contributed by atoms with Gasteiger partial charge in [0.15, 0.2) is 0 Å². The molecular weight excluding hydrogens is 370 g/mol. The maximum Gasteiger partial charge on any atom is 0.316 e. The van der Waals surface area contributed by atoms with E-state index < -0.39 is 0 Å². The lowest BCUT2D eigenvalue weighted by molar-refractivity contribution is 0.0882. The lowest BCUT2D eigenvalue weighted by Crippen LogP contribution is -2.40. The molecule has 5 nitrogen and oxygen atoms in total. The fraction of sp³-hybridized carbons (Fsp3) is 0.421.